The van der Waals surface area contributed by atoms with E-state index in [1.54, 1.807) is 0 Å². The standard InChI is InChI=1S/C30H36/c1-3-5-7-11-15-27-19-23-29(24-20-27)17-13-9-10-14-18-30-25-21-28(22-26-30)16-12-8-6-4-2/h9-10,19-26H,3-8,11-12,15-16H2,1-2H3/b10-9+. The molecule has 0 aliphatic rings. The number of aryl methyl sites for hydroxylation is 2. The van der Waals surface area contributed by atoms with Crippen molar-refractivity contribution in [2.24, 2.45) is 0 Å². The van der Waals surface area contributed by atoms with E-state index in [2.05, 4.69) is 86.1 Å². The zero-order valence-corrected chi connectivity index (χ0v) is 18.8. The number of benzene rings is 2. The monoisotopic (exact) mass is 396 g/mol. The second-order valence-electron chi connectivity index (χ2n) is 7.89. The average Bonchev–Trinajstić information content (AvgIpc) is 2.78. The first kappa shape index (κ1) is 23.6. The molecule has 0 saturated carbocycles. The predicted molar refractivity (Wildman–Crippen MR) is 131 cm³/mol. The van der Waals surface area contributed by atoms with Gasteiger partial charge < -0.3 is 0 Å². The second-order valence-corrected chi connectivity index (χ2v) is 7.89. The third kappa shape index (κ3) is 10.2. The van der Waals surface area contributed by atoms with Gasteiger partial charge in [0, 0.05) is 11.1 Å². The molecule has 2 aromatic carbocycles. The second kappa shape index (κ2) is 15.2. The summed E-state index contributed by atoms with van der Waals surface area (Å²) in [5.74, 6) is 12.5. The van der Waals surface area contributed by atoms with Crippen LogP contribution >= 0.6 is 0 Å². The summed E-state index contributed by atoms with van der Waals surface area (Å²) in [6.45, 7) is 4.50. The van der Waals surface area contributed by atoms with Gasteiger partial charge in [-0.1, -0.05) is 100 Å². The molecular weight excluding hydrogens is 360 g/mol. The molecule has 0 nitrogen and oxygen atoms in total. The predicted octanol–water partition coefficient (Wildman–Crippen LogP) is 7.89. The Morgan fingerprint density at radius 3 is 1.30 bits per heavy atom. The van der Waals surface area contributed by atoms with Crippen molar-refractivity contribution in [2.45, 2.75) is 78.1 Å². The molecule has 0 unspecified atom stereocenters. The molecule has 0 bridgehead atoms. The molecular formula is C30H36. The largest absolute Gasteiger partial charge is 0.0689 e. The average molecular weight is 397 g/mol. The number of hydrogen-bond donors (Lipinski definition) is 0. The van der Waals surface area contributed by atoms with Crippen LogP contribution in [0.5, 0.6) is 0 Å². The Morgan fingerprint density at radius 1 is 0.533 bits per heavy atom. The molecule has 0 aromatic heterocycles. The van der Waals surface area contributed by atoms with Gasteiger partial charge in [-0.2, -0.15) is 0 Å². The van der Waals surface area contributed by atoms with Crippen LogP contribution in [0.3, 0.4) is 0 Å². The zero-order chi connectivity index (χ0) is 21.3. The number of hydrogen-bond acceptors (Lipinski definition) is 0. The fourth-order valence-electron chi connectivity index (χ4n) is 3.35. The van der Waals surface area contributed by atoms with Crippen LogP contribution in [0, 0.1) is 23.7 Å². The van der Waals surface area contributed by atoms with Crippen LogP contribution in [0.2, 0.25) is 0 Å². The topological polar surface area (TPSA) is 0 Å². The van der Waals surface area contributed by atoms with E-state index >= 15 is 0 Å². The highest BCUT2D eigenvalue weighted by Gasteiger charge is 1.94. The van der Waals surface area contributed by atoms with Crippen LogP contribution in [0.25, 0.3) is 0 Å². The lowest BCUT2D eigenvalue weighted by molar-refractivity contribution is 0.667. The minimum Gasteiger partial charge on any atom is -0.0689 e. The Morgan fingerprint density at radius 2 is 0.933 bits per heavy atom. The Kier molecular flexibility index (Phi) is 11.9. The Balaban J connectivity index is 1.75. The SMILES string of the molecule is CCCCCCc1ccc(C#C/C=C/C#Cc2ccc(CCCCCC)cc2)cc1. The highest BCUT2D eigenvalue weighted by atomic mass is 14.0. The van der Waals surface area contributed by atoms with Gasteiger partial charge in [0.2, 0.25) is 0 Å². The van der Waals surface area contributed by atoms with Crippen LogP contribution in [0.1, 0.15) is 87.5 Å². The molecule has 0 spiro atoms. The maximum Gasteiger partial charge on any atom is 0.0249 e. The Labute approximate surface area is 184 Å². The molecule has 0 fully saturated rings. The van der Waals surface area contributed by atoms with E-state index in [0.29, 0.717) is 0 Å². The fraction of sp³-hybridized carbons (Fsp3) is 0.400. The molecule has 0 heterocycles. The lowest BCUT2D eigenvalue weighted by atomic mass is 10.0. The Hall–Kier alpha value is -2.70. The fourth-order valence-corrected chi connectivity index (χ4v) is 3.35. The number of rotatable bonds is 10. The third-order valence-corrected chi connectivity index (χ3v) is 5.23. The van der Waals surface area contributed by atoms with Gasteiger partial charge in [-0.05, 0) is 73.2 Å². The van der Waals surface area contributed by atoms with Gasteiger partial charge in [0.15, 0.2) is 0 Å². The summed E-state index contributed by atoms with van der Waals surface area (Å²) in [6.07, 6.45) is 16.5. The lowest BCUT2D eigenvalue weighted by Crippen LogP contribution is -1.86. The number of allylic oxidation sites excluding steroid dienone is 2. The molecule has 0 N–H and O–H groups in total. The first-order valence-corrected chi connectivity index (χ1v) is 11.7. The molecule has 0 saturated heterocycles. The molecule has 0 radical (unpaired) electrons. The third-order valence-electron chi connectivity index (χ3n) is 5.23. The quantitative estimate of drug-likeness (QED) is 0.283. The van der Waals surface area contributed by atoms with Crippen LogP contribution in [-0.2, 0) is 12.8 Å². The van der Waals surface area contributed by atoms with Crippen molar-refractivity contribution in [1.29, 1.82) is 0 Å². The summed E-state index contributed by atoms with van der Waals surface area (Å²) < 4.78 is 0. The maximum absolute atomic E-state index is 3.18. The summed E-state index contributed by atoms with van der Waals surface area (Å²) in [5.41, 5.74) is 4.92. The highest BCUT2D eigenvalue weighted by Crippen LogP contribution is 2.10. The lowest BCUT2D eigenvalue weighted by Gasteiger charge is -2.01. The molecule has 0 heteroatoms. The zero-order valence-electron chi connectivity index (χ0n) is 18.8. The minimum atomic E-state index is 1.06. The van der Waals surface area contributed by atoms with Gasteiger partial charge in [-0.15, -0.1) is 0 Å². The summed E-state index contributed by atoms with van der Waals surface area (Å²) in [4.78, 5) is 0. The Bertz CT molecular complexity index is 783. The first-order valence-electron chi connectivity index (χ1n) is 11.7. The van der Waals surface area contributed by atoms with Gasteiger partial charge >= 0.3 is 0 Å². The van der Waals surface area contributed by atoms with E-state index in [1.165, 1.54) is 75.3 Å². The van der Waals surface area contributed by atoms with Crippen molar-refractivity contribution in [2.75, 3.05) is 0 Å². The van der Waals surface area contributed by atoms with Gasteiger partial charge in [-0.25, -0.2) is 0 Å². The molecule has 156 valence electrons. The van der Waals surface area contributed by atoms with Gasteiger partial charge in [0.25, 0.3) is 0 Å². The van der Waals surface area contributed by atoms with E-state index in [9.17, 15) is 0 Å². The molecule has 0 amide bonds. The van der Waals surface area contributed by atoms with Crippen LogP contribution in [-0.4, -0.2) is 0 Å². The van der Waals surface area contributed by atoms with E-state index in [4.69, 9.17) is 0 Å². The molecule has 2 rings (SSSR count). The van der Waals surface area contributed by atoms with Gasteiger partial charge in [0.05, 0.1) is 0 Å². The summed E-state index contributed by atoms with van der Waals surface area (Å²) in [7, 11) is 0. The van der Waals surface area contributed by atoms with Crippen molar-refractivity contribution < 1.29 is 0 Å². The molecule has 30 heavy (non-hydrogen) atoms. The molecule has 0 aliphatic carbocycles. The van der Waals surface area contributed by atoms with E-state index in [0.717, 1.165) is 11.1 Å². The number of unbranched alkanes of at least 4 members (excludes halogenated alkanes) is 6. The van der Waals surface area contributed by atoms with Crippen molar-refractivity contribution in [3.05, 3.63) is 82.9 Å². The minimum absolute atomic E-state index is 1.06. The van der Waals surface area contributed by atoms with Crippen molar-refractivity contribution >= 4 is 0 Å². The summed E-state index contributed by atoms with van der Waals surface area (Å²) in [5, 5.41) is 0. The molecule has 0 atom stereocenters. The van der Waals surface area contributed by atoms with Gasteiger partial charge in [-0.3, -0.25) is 0 Å². The first-order chi connectivity index (χ1) is 14.8. The van der Waals surface area contributed by atoms with Gasteiger partial charge in [0.1, 0.15) is 0 Å². The highest BCUT2D eigenvalue weighted by molar-refractivity contribution is 5.42. The molecule has 2 aromatic rings. The van der Waals surface area contributed by atoms with E-state index in [1.807, 2.05) is 12.2 Å². The van der Waals surface area contributed by atoms with E-state index in [-0.39, 0.29) is 0 Å². The van der Waals surface area contributed by atoms with Crippen molar-refractivity contribution in [3.63, 3.8) is 0 Å². The smallest absolute Gasteiger partial charge is 0.0249 e. The van der Waals surface area contributed by atoms with Crippen molar-refractivity contribution in [1.82, 2.24) is 0 Å². The summed E-state index contributed by atoms with van der Waals surface area (Å²) in [6, 6.07) is 17.3. The van der Waals surface area contributed by atoms with Crippen molar-refractivity contribution in [3.8, 4) is 23.7 Å². The maximum atomic E-state index is 3.18. The van der Waals surface area contributed by atoms with E-state index < -0.39 is 0 Å². The normalized spacial score (nSPS) is 10.3. The van der Waals surface area contributed by atoms with Crippen LogP contribution < -0.4 is 0 Å². The molecule has 0 aliphatic heterocycles. The van der Waals surface area contributed by atoms with Crippen LogP contribution in [0.15, 0.2) is 60.7 Å². The van der Waals surface area contributed by atoms with Crippen LogP contribution in [0.4, 0.5) is 0 Å². The summed E-state index contributed by atoms with van der Waals surface area (Å²) >= 11 is 0.